The highest BCUT2D eigenvalue weighted by molar-refractivity contribution is 4.84. The van der Waals surface area contributed by atoms with Gasteiger partial charge in [0.1, 0.15) is 0 Å². The summed E-state index contributed by atoms with van der Waals surface area (Å²) < 4.78 is 0. The number of hydrogen-bond acceptors (Lipinski definition) is 1. The van der Waals surface area contributed by atoms with E-state index in [0.717, 1.165) is 29.8 Å². The summed E-state index contributed by atoms with van der Waals surface area (Å²) in [5, 5.41) is 3.95. The second-order valence-electron chi connectivity index (χ2n) is 6.97. The van der Waals surface area contributed by atoms with Crippen molar-refractivity contribution in [1.82, 2.24) is 5.32 Å². The molecule has 2 fully saturated rings. The van der Waals surface area contributed by atoms with Crippen LogP contribution in [0.25, 0.3) is 0 Å². The molecule has 0 aromatic rings. The van der Waals surface area contributed by atoms with Gasteiger partial charge in [0, 0.05) is 12.1 Å². The van der Waals surface area contributed by atoms with Gasteiger partial charge in [0.2, 0.25) is 0 Å². The highest BCUT2D eigenvalue weighted by Gasteiger charge is 2.27. The van der Waals surface area contributed by atoms with E-state index in [1.54, 1.807) is 0 Å². The average Bonchev–Trinajstić information content (AvgIpc) is 2.28. The molecule has 0 saturated heterocycles. The van der Waals surface area contributed by atoms with Gasteiger partial charge < -0.3 is 5.32 Å². The maximum absolute atomic E-state index is 3.95. The minimum Gasteiger partial charge on any atom is -0.311 e. The second kappa shape index (κ2) is 6.22. The highest BCUT2D eigenvalue weighted by atomic mass is 15.0. The van der Waals surface area contributed by atoms with Crippen molar-refractivity contribution in [3.05, 3.63) is 0 Å². The van der Waals surface area contributed by atoms with Crippen molar-refractivity contribution in [2.75, 3.05) is 0 Å². The third-order valence-electron chi connectivity index (χ3n) is 5.03. The van der Waals surface area contributed by atoms with Crippen LogP contribution in [-0.2, 0) is 0 Å². The summed E-state index contributed by atoms with van der Waals surface area (Å²) in [5.74, 6) is 2.81. The zero-order chi connectivity index (χ0) is 12.3. The molecular weight excluding hydrogens is 206 g/mol. The lowest BCUT2D eigenvalue weighted by Gasteiger charge is -2.37. The normalized spacial score (nSPS) is 37.9. The molecule has 2 rings (SSSR count). The van der Waals surface area contributed by atoms with Gasteiger partial charge in [0.15, 0.2) is 0 Å². The summed E-state index contributed by atoms with van der Waals surface area (Å²) in [6.07, 6.45) is 11.6. The molecule has 0 heterocycles. The fourth-order valence-corrected chi connectivity index (χ4v) is 4.23. The van der Waals surface area contributed by atoms with E-state index in [2.05, 4.69) is 26.1 Å². The van der Waals surface area contributed by atoms with Crippen LogP contribution in [0.3, 0.4) is 0 Å². The first-order valence-corrected chi connectivity index (χ1v) is 7.91. The minimum absolute atomic E-state index is 0.748. The van der Waals surface area contributed by atoms with Crippen molar-refractivity contribution in [3.8, 4) is 0 Å². The van der Waals surface area contributed by atoms with E-state index in [9.17, 15) is 0 Å². The average molecular weight is 237 g/mol. The molecule has 100 valence electrons. The Labute approximate surface area is 108 Å². The van der Waals surface area contributed by atoms with Crippen LogP contribution in [0.4, 0.5) is 0 Å². The van der Waals surface area contributed by atoms with Gasteiger partial charge in [-0.25, -0.2) is 0 Å². The summed E-state index contributed by atoms with van der Waals surface area (Å²) in [6, 6.07) is 1.54. The zero-order valence-electron chi connectivity index (χ0n) is 12.0. The fraction of sp³-hybridized carbons (Fsp3) is 1.00. The Morgan fingerprint density at radius 1 is 0.882 bits per heavy atom. The lowest BCUT2D eigenvalue weighted by atomic mass is 9.79. The summed E-state index contributed by atoms with van der Waals surface area (Å²) in [5.41, 5.74) is 0. The van der Waals surface area contributed by atoms with E-state index in [0.29, 0.717) is 0 Å². The van der Waals surface area contributed by atoms with E-state index >= 15 is 0 Å². The van der Waals surface area contributed by atoms with Crippen molar-refractivity contribution in [1.29, 1.82) is 0 Å². The van der Waals surface area contributed by atoms with Crippen molar-refractivity contribution in [3.63, 3.8) is 0 Å². The van der Waals surface area contributed by atoms with Gasteiger partial charge >= 0.3 is 0 Å². The monoisotopic (exact) mass is 237 g/mol. The molecule has 1 nitrogen and oxygen atoms in total. The zero-order valence-corrected chi connectivity index (χ0v) is 12.0. The first-order chi connectivity index (χ1) is 8.15. The predicted octanol–water partition coefficient (Wildman–Crippen LogP) is 4.37. The standard InChI is InChI=1S/C16H31N/c1-12-9-13(2)11-16(10-12)17-14(3)15-7-5-4-6-8-15/h12-17H,4-11H2,1-3H3/t12?,13?,14-,16?/m1/s1. The van der Waals surface area contributed by atoms with Gasteiger partial charge in [-0.3, -0.25) is 0 Å². The molecule has 0 bridgehead atoms. The maximum atomic E-state index is 3.95. The van der Waals surface area contributed by atoms with Crippen molar-refractivity contribution >= 4 is 0 Å². The molecular formula is C16H31N. The molecule has 0 aliphatic heterocycles. The lowest BCUT2D eigenvalue weighted by molar-refractivity contribution is 0.195. The Morgan fingerprint density at radius 2 is 1.47 bits per heavy atom. The molecule has 1 N–H and O–H groups in total. The van der Waals surface area contributed by atoms with Crippen molar-refractivity contribution in [2.45, 2.75) is 84.2 Å². The first kappa shape index (κ1) is 13.4. The van der Waals surface area contributed by atoms with Gasteiger partial charge in [0.05, 0.1) is 0 Å². The minimum atomic E-state index is 0.748. The molecule has 3 atom stereocenters. The molecule has 0 aromatic heterocycles. The van der Waals surface area contributed by atoms with Crippen LogP contribution in [-0.4, -0.2) is 12.1 Å². The predicted molar refractivity (Wildman–Crippen MR) is 75.1 cm³/mol. The van der Waals surface area contributed by atoms with E-state index in [4.69, 9.17) is 0 Å². The summed E-state index contributed by atoms with van der Waals surface area (Å²) in [6.45, 7) is 7.28. The first-order valence-electron chi connectivity index (χ1n) is 7.91. The van der Waals surface area contributed by atoms with Gasteiger partial charge in [0.25, 0.3) is 0 Å². The molecule has 0 amide bonds. The number of nitrogens with one attached hydrogen (secondary N) is 1. The summed E-state index contributed by atoms with van der Waals surface area (Å²) in [4.78, 5) is 0. The van der Waals surface area contributed by atoms with E-state index in [1.165, 1.54) is 51.4 Å². The highest BCUT2D eigenvalue weighted by Crippen LogP contribution is 2.31. The molecule has 0 radical (unpaired) electrons. The molecule has 2 saturated carbocycles. The van der Waals surface area contributed by atoms with Crippen LogP contribution in [0.5, 0.6) is 0 Å². The Balaban J connectivity index is 1.78. The Hall–Kier alpha value is -0.0400. The number of hydrogen-bond donors (Lipinski definition) is 1. The quantitative estimate of drug-likeness (QED) is 0.768. The largest absolute Gasteiger partial charge is 0.311 e. The molecule has 0 spiro atoms. The molecule has 1 heteroatoms. The lowest BCUT2D eigenvalue weighted by Crippen LogP contribution is -2.44. The summed E-state index contributed by atoms with van der Waals surface area (Å²) >= 11 is 0. The van der Waals surface area contributed by atoms with Crippen LogP contribution in [0.2, 0.25) is 0 Å². The van der Waals surface area contributed by atoms with Crippen molar-refractivity contribution in [2.24, 2.45) is 17.8 Å². The van der Waals surface area contributed by atoms with Crippen LogP contribution >= 0.6 is 0 Å². The van der Waals surface area contributed by atoms with Gasteiger partial charge in [-0.1, -0.05) is 33.1 Å². The fourth-order valence-electron chi connectivity index (χ4n) is 4.23. The van der Waals surface area contributed by atoms with Gasteiger partial charge in [-0.15, -0.1) is 0 Å². The Bertz CT molecular complexity index is 210. The molecule has 0 aromatic carbocycles. The molecule has 17 heavy (non-hydrogen) atoms. The smallest absolute Gasteiger partial charge is 0.00747 e. The molecule has 2 aliphatic carbocycles. The van der Waals surface area contributed by atoms with Gasteiger partial charge in [-0.05, 0) is 56.8 Å². The Morgan fingerprint density at radius 3 is 2.06 bits per heavy atom. The third kappa shape index (κ3) is 3.98. The third-order valence-corrected chi connectivity index (χ3v) is 5.03. The Kier molecular flexibility index (Phi) is 4.90. The number of rotatable bonds is 3. The SMILES string of the molecule is CC1CC(C)CC(N[C@H](C)C2CCCCC2)C1. The van der Waals surface area contributed by atoms with Crippen LogP contribution in [0.15, 0.2) is 0 Å². The maximum Gasteiger partial charge on any atom is 0.00747 e. The molecule has 2 unspecified atom stereocenters. The van der Waals surface area contributed by atoms with Crippen LogP contribution < -0.4 is 5.32 Å². The summed E-state index contributed by atoms with van der Waals surface area (Å²) in [7, 11) is 0. The van der Waals surface area contributed by atoms with E-state index < -0.39 is 0 Å². The van der Waals surface area contributed by atoms with Gasteiger partial charge in [-0.2, -0.15) is 0 Å². The van der Waals surface area contributed by atoms with Crippen LogP contribution in [0.1, 0.15) is 72.1 Å². The van der Waals surface area contributed by atoms with E-state index in [-0.39, 0.29) is 0 Å². The van der Waals surface area contributed by atoms with E-state index in [1.807, 2.05) is 0 Å². The second-order valence-corrected chi connectivity index (χ2v) is 6.97. The molecule has 2 aliphatic rings. The van der Waals surface area contributed by atoms with Crippen LogP contribution in [0, 0.1) is 17.8 Å². The topological polar surface area (TPSA) is 12.0 Å². The van der Waals surface area contributed by atoms with Crippen molar-refractivity contribution < 1.29 is 0 Å².